The van der Waals surface area contributed by atoms with E-state index in [9.17, 15) is 0 Å². The molecule has 2 rings (SSSR count). The third-order valence-electron chi connectivity index (χ3n) is 5.01. The zero-order chi connectivity index (χ0) is 12.3. The van der Waals surface area contributed by atoms with Crippen LogP contribution in [0.15, 0.2) is 0 Å². The summed E-state index contributed by atoms with van der Waals surface area (Å²) in [5, 5.41) is 0. The second-order valence-electron chi connectivity index (χ2n) is 6.38. The van der Waals surface area contributed by atoms with Crippen LogP contribution < -0.4 is 5.73 Å². The largest absolute Gasteiger partial charge is 0.327 e. The van der Waals surface area contributed by atoms with Gasteiger partial charge in [-0.3, -0.25) is 0 Å². The van der Waals surface area contributed by atoms with E-state index >= 15 is 0 Å². The maximum absolute atomic E-state index is 6.33. The zero-order valence-corrected chi connectivity index (χ0v) is 11.7. The molecule has 0 amide bonds. The van der Waals surface area contributed by atoms with Crippen LogP contribution in [0, 0.1) is 11.8 Å². The van der Waals surface area contributed by atoms with Gasteiger partial charge in [0.15, 0.2) is 0 Å². The minimum atomic E-state index is 0.468. The lowest BCUT2D eigenvalue weighted by Gasteiger charge is -2.37. The van der Waals surface area contributed by atoms with E-state index in [2.05, 4.69) is 18.7 Å². The Labute approximate surface area is 107 Å². The number of nitrogens with two attached hydrogens (primary N) is 1. The van der Waals surface area contributed by atoms with Gasteiger partial charge in [-0.25, -0.2) is 0 Å². The second-order valence-corrected chi connectivity index (χ2v) is 6.38. The van der Waals surface area contributed by atoms with Crippen LogP contribution in [0.1, 0.15) is 58.8 Å². The Kier molecular flexibility index (Phi) is 4.87. The van der Waals surface area contributed by atoms with Crippen LogP contribution in [-0.2, 0) is 0 Å². The lowest BCUT2D eigenvalue weighted by molar-refractivity contribution is 0.148. The predicted octanol–water partition coefficient (Wildman–Crippen LogP) is 3.01. The quantitative estimate of drug-likeness (QED) is 0.816. The van der Waals surface area contributed by atoms with Crippen molar-refractivity contribution in [3.63, 3.8) is 0 Å². The molecule has 17 heavy (non-hydrogen) atoms. The maximum atomic E-state index is 6.33. The number of hydrogen-bond acceptors (Lipinski definition) is 2. The number of hydrogen-bond donors (Lipinski definition) is 1. The second kappa shape index (κ2) is 6.19. The molecule has 1 aliphatic carbocycles. The van der Waals surface area contributed by atoms with E-state index in [1.807, 2.05) is 0 Å². The highest BCUT2D eigenvalue weighted by Gasteiger charge is 2.31. The van der Waals surface area contributed by atoms with Crippen molar-refractivity contribution >= 4 is 0 Å². The predicted molar refractivity (Wildman–Crippen MR) is 74.0 cm³/mol. The maximum Gasteiger partial charge on any atom is 0.00795 e. The van der Waals surface area contributed by atoms with Crippen molar-refractivity contribution in [3.8, 4) is 0 Å². The summed E-state index contributed by atoms with van der Waals surface area (Å²) in [7, 11) is 0. The van der Waals surface area contributed by atoms with Crippen LogP contribution in [0.4, 0.5) is 0 Å². The Balaban J connectivity index is 1.84. The molecule has 1 heterocycles. The lowest BCUT2D eigenvalue weighted by atomic mass is 9.76. The van der Waals surface area contributed by atoms with E-state index in [1.54, 1.807) is 0 Å². The molecule has 2 N–H and O–H groups in total. The van der Waals surface area contributed by atoms with E-state index in [-0.39, 0.29) is 0 Å². The Hall–Kier alpha value is -0.0800. The van der Waals surface area contributed by atoms with E-state index in [4.69, 9.17) is 5.73 Å². The highest BCUT2D eigenvalue weighted by atomic mass is 15.2. The molecule has 4 atom stereocenters. The van der Waals surface area contributed by atoms with Crippen molar-refractivity contribution in [2.75, 3.05) is 13.1 Å². The van der Waals surface area contributed by atoms with E-state index < -0.39 is 0 Å². The molecule has 4 unspecified atom stereocenters. The molecule has 0 spiro atoms. The third kappa shape index (κ3) is 3.45. The number of rotatable bonds is 4. The molecule has 0 bridgehead atoms. The molecule has 1 aliphatic heterocycles. The molecule has 2 nitrogen and oxygen atoms in total. The molecule has 0 aromatic heterocycles. The van der Waals surface area contributed by atoms with Crippen LogP contribution in [0.5, 0.6) is 0 Å². The van der Waals surface area contributed by atoms with Gasteiger partial charge >= 0.3 is 0 Å². The first-order valence-corrected chi connectivity index (χ1v) is 7.70. The van der Waals surface area contributed by atoms with Crippen LogP contribution in [-0.4, -0.2) is 30.1 Å². The normalized spacial score (nSPS) is 39.7. The van der Waals surface area contributed by atoms with Crippen molar-refractivity contribution in [2.24, 2.45) is 17.6 Å². The van der Waals surface area contributed by atoms with Gasteiger partial charge in [-0.2, -0.15) is 0 Å². The number of likely N-dealkylation sites (tertiary alicyclic amines) is 1. The monoisotopic (exact) mass is 238 g/mol. The summed E-state index contributed by atoms with van der Waals surface area (Å²) in [4.78, 5) is 2.68. The molecule has 1 saturated carbocycles. The molecule has 0 aromatic carbocycles. The molecular weight excluding hydrogens is 208 g/mol. The van der Waals surface area contributed by atoms with Gasteiger partial charge in [0.05, 0.1) is 0 Å². The smallest absolute Gasteiger partial charge is 0.00795 e. The van der Waals surface area contributed by atoms with Gasteiger partial charge in [0.25, 0.3) is 0 Å². The fraction of sp³-hybridized carbons (Fsp3) is 1.00. The molecule has 1 saturated heterocycles. The van der Waals surface area contributed by atoms with E-state index in [1.165, 1.54) is 58.0 Å². The van der Waals surface area contributed by atoms with E-state index in [0.717, 1.165) is 17.9 Å². The van der Waals surface area contributed by atoms with E-state index in [0.29, 0.717) is 6.04 Å². The minimum Gasteiger partial charge on any atom is -0.327 e. The molecular formula is C15H30N2. The average Bonchev–Trinajstić information content (AvgIpc) is 2.70. The molecule has 2 aliphatic rings. The molecule has 0 radical (unpaired) electrons. The standard InChI is InChI=1S/C15H30N2/c1-3-5-13-7-8-15(16)14(10-13)11-17-9-4-6-12(17)2/h12-15H,3-11,16H2,1-2H3. The fourth-order valence-corrected chi connectivity index (χ4v) is 3.83. The van der Waals surface area contributed by atoms with Gasteiger partial charge in [-0.15, -0.1) is 0 Å². The van der Waals surface area contributed by atoms with Gasteiger partial charge in [0, 0.05) is 18.6 Å². The Morgan fingerprint density at radius 3 is 2.71 bits per heavy atom. The summed E-state index contributed by atoms with van der Waals surface area (Å²) >= 11 is 0. The van der Waals surface area contributed by atoms with Crippen LogP contribution in [0.2, 0.25) is 0 Å². The van der Waals surface area contributed by atoms with Crippen LogP contribution in [0.3, 0.4) is 0 Å². The summed E-state index contributed by atoms with van der Waals surface area (Å²) < 4.78 is 0. The van der Waals surface area contributed by atoms with Gasteiger partial charge in [-0.1, -0.05) is 19.8 Å². The Morgan fingerprint density at radius 1 is 1.24 bits per heavy atom. The van der Waals surface area contributed by atoms with Gasteiger partial charge in [0.1, 0.15) is 0 Å². The van der Waals surface area contributed by atoms with Crippen molar-refractivity contribution in [3.05, 3.63) is 0 Å². The molecule has 100 valence electrons. The Bertz CT molecular complexity index is 229. The van der Waals surface area contributed by atoms with Gasteiger partial charge in [0.2, 0.25) is 0 Å². The molecule has 2 fully saturated rings. The lowest BCUT2D eigenvalue weighted by Crippen LogP contribution is -2.44. The SMILES string of the molecule is CCCC1CCC(N)C(CN2CCCC2C)C1. The van der Waals surface area contributed by atoms with Gasteiger partial charge in [-0.05, 0) is 57.4 Å². The summed E-state index contributed by atoms with van der Waals surface area (Å²) in [6.45, 7) is 7.27. The first-order valence-electron chi connectivity index (χ1n) is 7.70. The average molecular weight is 238 g/mol. The van der Waals surface area contributed by atoms with Crippen molar-refractivity contribution < 1.29 is 0 Å². The summed E-state index contributed by atoms with van der Waals surface area (Å²) in [6, 6.07) is 1.27. The first-order chi connectivity index (χ1) is 8.20. The topological polar surface area (TPSA) is 29.3 Å². The molecule has 0 aromatic rings. The highest BCUT2D eigenvalue weighted by molar-refractivity contribution is 4.87. The van der Waals surface area contributed by atoms with Crippen molar-refractivity contribution in [1.82, 2.24) is 4.90 Å². The van der Waals surface area contributed by atoms with Crippen LogP contribution in [0.25, 0.3) is 0 Å². The van der Waals surface area contributed by atoms with Crippen molar-refractivity contribution in [2.45, 2.75) is 70.9 Å². The number of nitrogens with zero attached hydrogens (tertiary/aromatic N) is 1. The summed E-state index contributed by atoms with van der Waals surface area (Å²) in [5.74, 6) is 1.73. The highest BCUT2D eigenvalue weighted by Crippen LogP contribution is 2.33. The minimum absolute atomic E-state index is 0.468. The van der Waals surface area contributed by atoms with Crippen LogP contribution >= 0.6 is 0 Å². The fourth-order valence-electron chi connectivity index (χ4n) is 3.83. The molecule has 2 heteroatoms. The first kappa shape index (κ1) is 13.4. The zero-order valence-electron chi connectivity index (χ0n) is 11.7. The Morgan fingerprint density at radius 2 is 2.06 bits per heavy atom. The summed E-state index contributed by atoms with van der Waals surface area (Å²) in [5.41, 5.74) is 6.33. The van der Waals surface area contributed by atoms with Crippen molar-refractivity contribution in [1.29, 1.82) is 0 Å². The summed E-state index contributed by atoms with van der Waals surface area (Å²) in [6.07, 6.45) is 9.56. The third-order valence-corrected chi connectivity index (χ3v) is 5.01. The van der Waals surface area contributed by atoms with Gasteiger partial charge < -0.3 is 10.6 Å².